The minimum Gasteiger partial charge on any atom is -0.477 e. The SMILES string of the molecule is COC(=O)c1ccc(-c2onc(C)c2C(=O)O)cc1.COC(=O)c1ccc(-c2onc(C)c2C(=O)OC(C)(C)C)cc1. The number of ether oxygens (including phenoxy) is 3. The molecule has 0 unspecified atom stereocenters. The van der Waals surface area contributed by atoms with Crippen molar-refractivity contribution in [1.29, 1.82) is 0 Å². The molecule has 2 aromatic heterocycles. The van der Waals surface area contributed by atoms with E-state index in [1.807, 2.05) is 0 Å². The summed E-state index contributed by atoms with van der Waals surface area (Å²) in [5.41, 5.74) is 2.38. The Morgan fingerprint density at radius 1 is 0.667 bits per heavy atom. The van der Waals surface area contributed by atoms with Gasteiger partial charge in [0.1, 0.15) is 16.7 Å². The van der Waals surface area contributed by atoms with Crippen LogP contribution in [0.1, 0.15) is 73.6 Å². The van der Waals surface area contributed by atoms with Gasteiger partial charge < -0.3 is 28.4 Å². The summed E-state index contributed by atoms with van der Waals surface area (Å²) in [6, 6.07) is 12.8. The van der Waals surface area contributed by atoms with E-state index in [1.165, 1.54) is 26.4 Å². The van der Waals surface area contributed by atoms with Gasteiger partial charge in [0, 0.05) is 11.1 Å². The van der Waals surface area contributed by atoms with Crippen LogP contribution < -0.4 is 0 Å². The van der Waals surface area contributed by atoms with Crippen LogP contribution in [0.25, 0.3) is 22.6 Å². The van der Waals surface area contributed by atoms with E-state index in [4.69, 9.17) is 18.9 Å². The van der Waals surface area contributed by atoms with Gasteiger partial charge in [-0.1, -0.05) is 34.6 Å². The fourth-order valence-electron chi connectivity index (χ4n) is 3.71. The highest BCUT2D eigenvalue weighted by atomic mass is 16.6. The van der Waals surface area contributed by atoms with Crippen LogP contribution in [0.3, 0.4) is 0 Å². The first-order valence-corrected chi connectivity index (χ1v) is 12.5. The molecule has 0 aliphatic rings. The first-order valence-electron chi connectivity index (χ1n) is 12.5. The fourth-order valence-corrected chi connectivity index (χ4v) is 3.71. The largest absolute Gasteiger partial charge is 0.477 e. The number of esters is 3. The zero-order valence-electron chi connectivity index (χ0n) is 24.1. The monoisotopic (exact) mass is 578 g/mol. The maximum Gasteiger partial charge on any atom is 0.344 e. The van der Waals surface area contributed by atoms with E-state index in [0.29, 0.717) is 39.4 Å². The number of nitrogens with zero attached hydrogens (tertiary/aromatic N) is 2. The van der Waals surface area contributed by atoms with Crippen LogP contribution in [0, 0.1) is 13.8 Å². The van der Waals surface area contributed by atoms with Crippen molar-refractivity contribution in [3.05, 3.63) is 82.2 Å². The van der Waals surface area contributed by atoms with Crippen molar-refractivity contribution in [2.45, 2.75) is 40.2 Å². The molecule has 0 fully saturated rings. The van der Waals surface area contributed by atoms with Gasteiger partial charge in [0.25, 0.3) is 0 Å². The molecule has 2 aromatic carbocycles. The molecule has 0 bridgehead atoms. The number of carboxylic acids is 1. The minimum atomic E-state index is -1.11. The summed E-state index contributed by atoms with van der Waals surface area (Å²) >= 11 is 0. The number of aryl methyl sites for hydroxylation is 2. The highest BCUT2D eigenvalue weighted by Crippen LogP contribution is 2.29. The zero-order chi connectivity index (χ0) is 31.2. The topological polar surface area (TPSA) is 168 Å². The summed E-state index contributed by atoms with van der Waals surface area (Å²) < 4.78 is 24.9. The van der Waals surface area contributed by atoms with Gasteiger partial charge in [-0.15, -0.1) is 0 Å². The average Bonchev–Trinajstić information content (AvgIpc) is 3.54. The van der Waals surface area contributed by atoms with Crippen molar-refractivity contribution in [2.24, 2.45) is 0 Å². The third-order valence-corrected chi connectivity index (χ3v) is 5.68. The molecule has 42 heavy (non-hydrogen) atoms. The Balaban J connectivity index is 0.000000235. The number of carboxylic acid groups (broad SMARTS) is 1. The maximum atomic E-state index is 12.4. The van der Waals surface area contributed by atoms with Crippen LogP contribution in [0.2, 0.25) is 0 Å². The quantitative estimate of drug-likeness (QED) is 0.225. The summed E-state index contributed by atoms with van der Waals surface area (Å²) in [5.74, 6) is -2.01. The molecule has 1 N–H and O–H groups in total. The predicted molar refractivity (Wildman–Crippen MR) is 148 cm³/mol. The molecule has 2 heterocycles. The minimum absolute atomic E-state index is 0.0193. The van der Waals surface area contributed by atoms with Crippen molar-refractivity contribution < 1.29 is 47.5 Å². The number of rotatable bonds is 6. The Morgan fingerprint density at radius 3 is 1.40 bits per heavy atom. The molecule has 12 heteroatoms. The van der Waals surface area contributed by atoms with Crippen LogP contribution in [0.15, 0.2) is 57.6 Å². The molecule has 0 radical (unpaired) electrons. The standard InChI is InChI=1S/C17H19NO5.C13H11NO5/c1-10-13(16(20)22-17(2,3)4)14(23-18-10)11-6-8-12(9-7-11)15(19)21-5;1-7-10(12(15)16)11(19-14-7)8-3-5-9(6-4-8)13(17)18-2/h6-9H,1-5H3;3-6H,1-2H3,(H,15,16). The van der Waals surface area contributed by atoms with Gasteiger partial charge in [-0.05, 0) is 58.9 Å². The smallest absolute Gasteiger partial charge is 0.344 e. The van der Waals surface area contributed by atoms with Gasteiger partial charge in [0.2, 0.25) is 0 Å². The molecule has 0 saturated heterocycles. The number of methoxy groups -OCH3 is 2. The lowest BCUT2D eigenvalue weighted by atomic mass is 10.0. The molecule has 0 aliphatic carbocycles. The van der Waals surface area contributed by atoms with Gasteiger partial charge in [0.15, 0.2) is 11.5 Å². The second kappa shape index (κ2) is 12.9. The lowest BCUT2D eigenvalue weighted by Crippen LogP contribution is -2.24. The second-order valence-electron chi connectivity index (χ2n) is 9.89. The number of hydrogen-bond donors (Lipinski definition) is 1. The van der Waals surface area contributed by atoms with Crippen LogP contribution in [0.4, 0.5) is 0 Å². The Morgan fingerprint density at radius 2 is 1.05 bits per heavy atom. The van der Waals surface area contributed by atoms with E-state index in [0.717, 1.165) is 0 Å². The molecule has 0 atom stereocenters. The fraction of sp³-hybridized carbons (Fsp3) is 0.267. The third kappa shape index (κ3) is 7.27. The third-order valence-electron chi connectivity index (χ3n) is 5.68. The Kier molecular flexibility index (Phi) is 9.63. The van der Waals surface area contributed by atoms with E-state index >= 15 is 0 Å². The van der Waals surface area contributed by atoms with E-state index in [1.54, 1.807) is 71.0 Å². The highest BCUT2D eigenvalue weighted by Gasteiger charge is 2.27. The average molecular weight is 579 g/mol. The van der Waals surface area contributed by atoms with E-state index in [-0.39, 0.29) is 16.9 Å². The van der Waals surface area contributed by atoms with Gasteiger partial charge in [-0.2, -0.15) is 0 Å². The van der Waals surface area contributed by atoms with Crippen molar-refractivity contribution in [3.8, 4) is 22.6 Å². The Hall–Kier alpha value is -5.26. The molecule has 4 rings (SSSR count). The molecule has 220 valence electrons. The highest BCUT2D eigenvalue weighted by molar-refractivity contribution is 5.98. The van der Waals surface area contributed by atoms with Crippen LogP contribution in [-0.4, -0.2) is 59.1 Å². The normalized spacial score (nSPS) is 10.7. The van der Waals surface area contributed by atoms with Crippen molar-refractivity contribution >= 4 is 23.9 Å². The molecule has 12 nitrogen and oxygen atoms in total. The summed E-state index contributed by atoms with van der Waals surface area (Å²) in [6.45, 7) is 8.60. The maximum absolute atomic E-state index is 12.4. The van der Waals surface area contributed by atoms with Crippen LogP contribution >= 0.6 is 0 Å². The van der Waals surface area contributed by atoms with E-state index in [2.05, 4.69) is 19.8 Å². The molecule has 4 aromatic rings. The van der Waals surface area contributed by atoms with E-state index in [9.17, 15) is 19.2 Å². The number of hydrogen-bond acceptors (Lipinski definition) is 11. The van der Waals surface area contributed by atoms with E-state index < -0.39 is 29.5 Å². The summed E-state index contributed by atoms with van der Waals surface area (Å²) in [4.78, 5) is 46.2. The van der Waals surface area contributed by atoms with Gasteiger partial charge in [-0.25, -0.2) is 19.2 Å². The number of aromatic nitrogens is 2. The molecule has 0 amide bonds. The molecule has 0 aliphatic heterocycles. The predicted octanol–water partition coefficient (Wildman–Crippen LogP) is 5.53. The Bertz CT molecular complexity index is 1590. The summed E-state index contributed by atoms with van der Waals surface area (Å²) in [5, 5.41) is 16.6. The molecular weight excluding hydrogens is 548 g/mol. The number of carbonyl (C=O) groups excluding carboxylic acids is 3. The molecule has 0 saturated carbocycles. The van der Waals surface area contributed by atoms with Gasteiger partial charge in [-0.3, -0.25) is 0 Å². The van der Waals surface area contributed by atoms with Crippen molar-refractivity contribution in [2.75, 3.05) is 14.2 Å². The summed E-state index contributed by atoms with van der Waals surface area (Å²) in [7, 11) is 2.61. The van der Waals surface area contributed by atoms with Crippen LogP contribution in [0.5, 0.6) is 0 Å². The van der Waals surface area contributed by atoms with Crippen molar-refractivity contribution in [1.82, 2.24) is 10.3 Å². The van der Waals surface area contributed by atoms with Gasteiger partial charge in [0.05, 0.1) is 36.7 Å². The zero-order valence-corrected chi connectivity index (χ0v) is 24.1. The van der Waals surface area contributed by atoms with Crippen LogP contribution in [-0.2, 0) is 14.2 Å². The number of carbonyl (C=O) groups is 4. The summed E-state index contributed by atoms with van der Waals surface area (Å²) in [6.07, 6.45) is 0. The number of benzene rings is 2. The molecular formula is C30H30N2O10. The lowest BCUT2D eigenvalue weighted by Gasteiger charge is -2.19. The van der Waals surface area contributed by atoms with Gasteiger partial charge >= 0.3 is 23.9 Å². The van der Waals surface area contributed by atoms with Crippen molar-refractivity contribution in [3.63, 3.8) is 0 Å². The number of aromatic carboxylic acids is 1. The first-order chi connectivity index (χ1) is 19.8. The Labute approximate surface area is 241 Å². The molecule has 0 spiro atoms. The second-order valence-corrected chi connectivity index (χ2v) is 9.89. The lowest BCUT2D eigenvalue weighted by molar-refractivity contribution is 0.00686. The first kappa shape index (κ1) is 31.3.